The van der Waals surface area contributed by atoms with Gasteiger partial charge >= 0.3 is 0 Å². The van der Waals surface area contributed by atoms with Gasteiger partial charge in [0, 0.05) is 18.1 Å². The minimum atomic E-state index is -3.67. The fourth-order valence-corrected chi connectivity index (χ4v) is 4.79. The SMILES string of the molecule is CC[C@H](C(=O)Nc1ccc(Cc2ccncc2)cc1)N(c1ccc(C)c(C)c1)S(C)(=O)=O. The van der Waals surface area contributed by atoms with Gasteiger partial charge in [0.1, 0.15) is 6.04 Å². The molecule has 0 aliphatic carbocycles. The van der Waals surface area contributed by atoms with E-state index in [9.17, 15) is 13.2 Å². The molecule has 3 rings (SSSR count). The molecule has 0 bridgehead atoms. The third-order valence-electron chi connectivity index (χ3n) is 5.45. The summed E-state index contributed by atoms with van der Waals surface area (Å²) in [6.07, 6.45) is 5.76. The molecule has 1 atom stereocenters. The quantitative estimate of drug-likeness (QED) is 0.548. The van der Waals surface area contributed by atoms with E-state index in [1.165, 1.54) is 4.31 Å². The Morgan fingerprint density at radius 1 is 0.969 bits per heavy atom. The highest BCUT2D eigenvalue weighted by Crippen LogP contribution is 2.26. The van der Waals surface area contributed by atoms with Crippen molar-refractivity contribution in [1.82, 2.24) is 4.98 Å². The summed E-state index contributed by atoms with van der Waals surface area (Å²) >= 11 is 0. The lowest BCUT2D eigenvalue weighted by Crippen LogP contribution is -2.47. The average Bonchev–Trinajstić information content (AvgIpc) is 2.75. The topological polar surface area (TPSA) is 79.4 Å². The zero-order valence-corrected chi connectivity index (χ0v) is 19.7. The van der Waals surface area contributed by atoms with Gasteiger partial charge < -0.3 is 5.32 Å². The number of aryl methyl sites for hydroxylation is 2. The Kier molecular flexibility index (Phi) is 7.30. The maximum Gasteiger partial charge on any atom is 0.248 e. The highest BCUT2D eigenvalue weighted by Gasteiger charge is 2.31. The molecule has 1 N–H and O–H groups in total. The number of rotatable bonds is 8. The van der Waals surface area contributed by atoms with Crippen LogP contribution >= 0.6 is 0 Å². The van der Waals surface area contributed by atoms with E-state index in [1.807, 2.05) is 56.3 Å². The number of carbonyl (C=O) groups is 1. The van der Waals surface area contributed by atoms with Crippen LogP contribution in [0.3, 0.4) is 0 Å². The summed E-state index contributed by atoms with van der Waals surface area (Å²) in [5.74, 6) is -0.363. The zero-order chi connectivity index (χ0) is 23.3. The van der Waals surface area contributed by atoms with Crippen LogP contribution in [0.15, 0.2) is 67.0 Å². The number of amides is 1. The molecule has 0 spiro atoms. The van der Waals surface area contributed by atoms with Crippen molar-refractivity contribution in [3.05, 3.63) is 89.2 Å². The monoisotopic (exact) mass is 451 g/mol. The van der Waals surface area contributed by atoms with Gasteiger partial charge in [-0.2, -0.15) is 0 Å². The van der Waals surface area contributed by atoms with Gasteiger partial charge in [-0.1, -0.05) is 25.1 Å². The van der Waals surface area contributed by atoms with Gasteiger partial charge in [-0.3, -0.25) is 14.1 Å². The fraction of sp³-hybridized carbons (Fsp3) is 0.280. The number of aromatic nitrogens is 1. The van der Waals surface area contributed by atoms with Crippen LogP contribution in [0.25, 0.3) is 0 Å². The minimum absolute atomic E-state index is 0.339. The van der Waals surface area contributed by atoms with E-state index in [0.29, 0.717) is 17.8 Å². The smallest absolute Gasteiger partial charge is 0.248 e. The summed E-state index contributed by atoms with van der Waals surface area (Å²) in [5, 5.41) is 2.88. The molecule has 32 heavy (non-hydrogen) atoms. The molecule has 1 aromatic heterocycles. The number of hydrogen-bond acceptors (Lipinski definition) is 4. The lowest BCUT2D eigenvalue weighted by molar-refractivity contribution is -0.117. The summed E-state index contributed by atoms with van der Waals surface area (Å²) < 4.78 is 26.5. The third-order valence-corrected chi connectivity index (χ3v) is 6.63. The first-order valence-electron chi connectivity index (χ1n) is 10.5. The standard InChI is InChI=1S/C25H29N3O3S/c1-5-24(28(32(4,30)31)23-11-6-18(2)19(3)16-23)25(29)27-22-9-7-20(8-10-22)17-21-12-14-26-15-13-21/h6-16,24H,5,17H2,1-4H3,(H,27,29)/t24-/m1/s1. The summed E-state index contributed by atoms with van der Waals surface area (Å²) in [6, 6.07) is 16.1. The van der Waals surface area contributed by atoms with Crippen LogP contribution in [0.2, 0.25) is 0 Å². The molecule has 168 valence electrons. The Labute approximate surface area is 190 Å². The molecule has 7 heteroatoms. The predicted molar refractivity (Wildman–Crippen MR) is 129 cm³/mol. The number of sulfonamides is 1. The van der Waals surface area contributed by atoms with Gasteiger partial charge in [-0.25, -0.2) is 8.42 Å². The molecule has 3 aromatic rings. The zero-order valence-electron chi connectivity index (χ0n) is 18.9. The van der Waals surface area contributed by atoms with Gasteiger partial charge in [0.25, 0.3) is 0 Å². The summed E-state index contributed by atoms with van der Waals surface area (Å²) in [7, 11) is -3.67. The Morgan fingerprint density at radius 3 is 2.16 bits per heavy atom. The van der Waals surface area contributed by atoms with Gasteiger partial charge in [0.15, 0.2) is 0 Å². The van der Waals surface area contributed by atoms with Crippen LogP contribution in [0.1, 0.15) is 35.6 Å². The van der Waals surface area contributed by atoms with Crippen LogP contribution in [-0.2, 0) is 21.2 Å². The van der Waals surface area contributed by atoms with E-state index < -0.39 is 16.1 Å². The Hall–Kier alpha value is -3.19. The minimum Gasteiger partial charge on any atom is -0.324 e. The van der Waals surface area contributed by atoms with Gasteiger partial charge in [0.2, 0.25) is 15.9 Å². The Balaban J connectivity index is 1.79. The van der Waals surface area contributed by atoms with Crippen molar-refractivity contribution >= 4 is 27.3 Å². The molecule has 0 fully saturated rings. The second kappa shape index (κ2) is 9.96. The fourth-order valence-electron chi connectivity index (χ4n) is 3.59. The number of nitrogens with zero attached hydrogens (tertiary/aromatic N) is 2. The maximum atomic E-state index is 13.1. The molecule has 0 radical (unpaired) electrons. The molecular formula is C25H29N3O3S. The molecule has 0 saturated heterocycles. The summed E-state index contributed by atoms with van der Waals surface area (Å²) in [4.78, 5) is 17.1. The Bertz CT molecular complexity index is 1180. The van der Waals surface area contributed by atoms with E-state index in [4.69, 9.17) is 0 Å². The first-order chi connectivity index (χ1) is 15.2. The number of carbonyl (C=O) groups excluding carboxylic acids is 1. The normalized spacial score (nSPS) is 12.2. The number of benzene rings is 2. The second-order valence-corrected chi connectivity index (χ2v) is 9.83. The van der Waals surface area contributed by atoms with E-state index in [0.717, 1.165) is 34.9 Å². The van der Waals surface area contributed by atoms with Crippen molar-refractivity contribution in [2.45, 2.75) is 39.7 Å². The van der Waals surface area contributed by atoms with Gasteiger partial charge in [-0.15, -0.1) is 0 Å². The lowest BCUT2D eigenvalue weighted by Gasteiger charge is -2.30. The van der Waals surface area contributed by atoms with Crippen molar-refractivity contribution < 1.29 is 13.2 Å². The van der Waals surface area contributed by atoms with Gasteiger partial charge in [-0.05, 0) is 85.3 Å². The van der Waals surface area contributed by atoms with Crippen LogP contribution in [0.4, 0.5) is 11.4 Å². The van der Waals surface area contributed by atoms with Crippen LogP contribution in [-0.4, -0.2) is 31.6 Å². The second-order valence-electron chi connectivity index (χ2n) is 7.97. The van der Waals surface area contributed by atoms with Crippen LogP contribution in [0, 0.1) is 13.8 Å². The molecule has 0 aliphatic rings. The Morgan fingerprint density at radius 2 is 1.59 bits per heavy atom. The lowest BCUT2D eigenvalue weighted by atomic mass is 10.1. The van der Waals surface area contributed by atoms with Crippen molar-refractivity contribution in [1.29, 1.82) is 0 Å². The molecule has 1 amide bonds. The largest absolute Gasteiger partial charge is 0.324 e. The van der Waals surface area contributed by atoms with Crippen molar-refractivity contribution in [2.24, 2.45) is 0 Å². The third kappa shape index (κ3) is 5.73. The summed E-state index contributed by atoms with van der Waals surface area (Å²) in [6.45, 7) is 5.70. The molecule has 1 heterocycles. The van der Waals surface area contributed by atoms with Crippen LogP contribution in [0.5, 0.6) is 0 Å². The number of pyridine rings is 1. The molecule has 0 saturated carbocycles. The first kappa shape index (κ1) is 23.5. The van der Waals surface area contributed by atoms with Crippen molar-refractivity contribution in [3.63, 3.8) is 0 Å². The molecule has 6 nitrogen and oxygen atoms in total. The average molecular weight is 452 g/mol. The maximum absolute atomic E-state index is 13.1. The molecule has 0 unspecified atom stereocenters. The number of nitrogens with one attached hydrogen (secondary N) is 1. The van der Waals surface area contributed by atoms with Crippen LogP contribution < -0.4 is 9.62 Å². The van der Waals surface area contributed by atoms with Gasteiger partial charge in [0.05, 0.1) is 11.9 Å². The number of anilines is 2. The number of hydrogen-bond donors (Lipinski definition) is 1. The van der Waals surface area contributed by atoms with E-state index in [1.54, 1.807) is 31.5 Å². The van der Waals surface area contributed by atoms with E-state index >= 15 is 0 Å². The van der Waals surface area contributed by atoms with Crippen molar-refractivity contribution in [2.75, 3.05) is 15.9 Å². The molecule has 0 aliphatic heterocycles. The highest BCUT2D eigenvalue weighted by atomic mass is 32.2. The van der Waals surface area contributed by atoms with E-state index in [2.05, 4.69) is 10.3 Å². The summed E-state index contributed by atoms with van der Waals surface area (Å²) in [5.41, 5.74) is 5.41. The van der Waals surface area contributed by atoms with E-state index in [-0.39, 0.29) is 5.91 Å². The van der Waals surface area contributed by atoms with Crippen molar-refractivity contribution in [3.8, 4) is 0 Å². The predicted octanol–water partition coefficient (Wildman–Crippen LogP) is 4.47. The molecule has 2 aromatic carbocycles. The molecular weight excluding hydrogens is 422 g/mol. The first-order valence-corrected chi connectivity index (χ1v) is 12.4. The highest BCUT2D eigenvalue weighted by molar-refractivity contribution is 7.92.